The Balaban J connectivity index is 1.64. The summed E-state index contributed by atoms with van der Waals surface area (Å²) in [6, 6.07) is 5.09. The maximum absolute atomic E-state index is 12.9. The van der Waals surface area contributed by atoms with Crippen molar-refractivity contribution in [3.05, 3.63) is 54.2 Å². The largest absolute Gasteiger partial charge is 0.495 e. The molecule has 0 aromatic carbocycles. The molecule has 0 radical (unpaired) electrons. The van der Waals surface area contributed by atoms with Crippen molar-refractivity contribution in [2.75, 3.05) is 7.11 Å². The van der Waals surface area contributed by atoms with Crippen molar-refractivity contribution in [3.8, 4) is 5.75 Å². The molecule has 134 valence electrons. The van der Waals surface area contributed by atoms with Crippen LogP contribution in [0.5, 0.6) is 5.75 Å². The zero-order valence-electron chi connectivity index (χ0n) is 14.2. The number of carbonyl (C=O) groups is 1. The predicted octanol–water partition coefficient (Wildman–Crippen LogP) is 1.37. The van der Waals surface area contributed by atoms with E-state index in [1.807, 2.05) is 6.07 Å². The number of nitrogens with one attached hydrogen (secondary N) is 1. The molecule has 8 heteroatoms. The van der Waals surface area contributed by atoms with Gasteiger partial charge in [-0.2, -0.15) is 0 Å². The van der Waals surface area contributed by atoms with E-state index in [1.165, 1.54) is 0 Å². The van der Waals surface area contributed by atoms with Crippen LogP contribution in [0.1, 0.15) is 34.8 Å². The van der Waals surface area contributed by atoms with Gasteiger partial charge in [0.05, 0.1) is 31.0 Å². The van der Waals surface area contributed by atoms with Gasteiger partial charge < -0.3 is 15.2 Å². The van der Waals surface area contributed by atoms with Gasteiger partial charge in [0.2, 0.25) is 0 Å². The second-order valence-electron chi connectivity index (χ2n) is 6.48. The Morgan fingerprint density at radius 3 is 3.04 bits per heavy atom. The van der Waals surface area contributed by atoms with E-state index in [1.54, 1.807) is 48.6 Å². The molecule has 0 spiro atoms. The fourth-order valence-corrected chi connectivity index (χ4v) is 3.34. The number of aromatic nitrogens is 4. The lowest BCUT2D eigenvalue weighted by Gasteiger charge is -2.38. The molecule has 1 amide bonds. The molecule has 3 heterocycles. The summed E-state index contributed by atoms with van der Waals surface area (Å²) in [5.41, 5.74) is 1.80. The Labute approximate surface area is 149 Å². The summed E-state index contributed by atoms with van der Waals surface area (Å²) in [4.78, 5) is 17.1. The molecule has 0 bridgehead atoms. The summed E-state index contributed by atoms with van der Waals surface area (Å²) in [5, 5.41) is 20.7. The minimum atomic E-state index is -0.321. The summed E-state index contributed by atoms with van der Waals surface area (Å²) in [6.07, 6.45) is 7.63. The summed E-state index contributed by atoms with van der Waals surface area (Å²) >= 11 is 0. The molecule has 1 saturated carbocycles. The highest BCUT2D eigenvalue weighted by atomic mass is 16.5. The quantitative estimate of drug-likeness (QED) is 0.718. The number of rotatable bonds is 5. The summed E-state index contributed by atoms with van der Waals surface area (Å²) in [7, 11) is 1.58. The van der Waals surface area contributed by atoms with Gasteiger partial charge in [0.25, 0.3) is 5.91 Å². The Morgan fingerprint density at radius 2 is 2.27 bits per heavy atom. The number of fused-ring (bicyclic) bond motifs is 1. The number of amides is 1. The van der Waals surface area contributed by atoms with E-state index >= 15 is 0 Å². The maximum Gasteiger partial charge on any atom is 0.255 e. The SMILES string of the molecule is COc1cncc([C@H](NC(=O)c2cccn3cnnc23)C2CC(O)C2)c1. The highest BCUT2D eigenvalue weighted by Crippen LogP contribution is 2.38. The van der Waals surface area contributed by atoms with E-state index in [-0.39, 0.29) is 24.0 Å². The average molecular weight is 353 g/mol. The fraction of sp³-hybridized carbons (Fsp3) is 0.333. The number of carbonyl (C=O) groups excluding carboxylic acids is 1. The normalized spacial score (nSPS) is 20.4. The van der Waals surface area contributed by atoms with E-state index < -0.39 is 0 Å². The zero-order valence-corrected chi connectivity index (χ0v) is 14.2. The van der Waals surface area contributed by atoms with Crippen LogP contribution in [0.25, 0.3) is 5.65 Å². The summed E-state index contributed by atoms with van der Waals surface area (Å²) < 4.78 is 6.95. The molecule has 1 fully saturated rings. The highest BCUT2D eigenvalue weighted by molar-refractivity contribution is 5.99. The van der Waals surface area contributed by atoms with Crippen molar-refractivity contribution in [2.45, 2.75) is 25.0 Å². The molecule has 1 aliphatic rings. The molecule has 0 unspecified atom stereocenters. The molecular weight excluding hydrogens is 334 g/mol. The molecule has 8 nitrogen and oxygen atoms in total. The van der Waals surface area contributed by atoms with Crippen LogP contribution in [0.15, 0.2) is 43.1 Å². The number of aliphatic hydroxyl groups is 1. The number of methoxy groups -OCH3 is 1. The lowest BCUT2D eigenvalue weighted by Crippen LogP contribution is -2.41. The number of hydrogen-bond acceptors (Lipinski definition) is 6. The zero-order chi connectivity index (χ0) is 18.1. The first kappa shape index (κ1) is 16.5. The molecule has 2 N–H and O–H groups in total. The van der Waals surface area contributed by atoms with Crippen LogP contribution in [-0.2, 0) is 0 Å². The third-order valence-electron chi connectivity index (χ3n) is 4.80. The van der Waals surface area contributed by atoms with E-state index in [2.05, 4.69) is 20.5 Å². The van der Waals surface area contributed by atoms with Crippen molar-refractivity contribution in [3.63, 3.8) is 0 Å². The fourth-order valence-electron chi connectivity index (χ4n) is 3.34. The molecule has 1 aliphatic carbocycles. The number of aliphatic hydroxyl groups excluding tert-OH is 1. The third kappa shape index (κ3) is 2.99. The van der Waals surface area contributed by atoms with Gasteiger partial charge in [-0.3, -0.25) is 14.2 Å². The van der Waals surface area contributed by atoms with Crippen LogP contribution in [0.3, 0.4) is 0 Å². The van der Waals surface area contributed by atoms with Crippen LogP contribution in [0, 0.1) is 5.92 Å². The maximum atomic E-state index is 12.9. The first-order valence-electron chi connectivity index (χ1n) is 8.42. The second kappa shape index (κ2) is 6.72. The van der Waals surface area contributed by atoms with E-state index in [4.69, 9.17) is 4.74 Å². The van der Waals surface area contributed by atoms with Crippen molar-refractivity contribution in [2.24, 2.45) is 5.92 Å². The second-order valence-corrected chi connectivity index (χ2v) is 6.48. The third-order valence-corrected chi connectivity index (χ3v) is 4.80. The van der Waals surface area contributed by atoms with Crippen LogP contribution in [0.2, 0.25) is 0 Å². The number of hydrogen-bond donors (Lipinski definition) is 2. The molecular formula is C18H19N5O3. The monoisotopic (exact) mass is 353 g/mol. The standard InChI is InChI=1S/C18H19N5O3/c1-26-14-7-12(8-19-9-14)16(11-5-13(24)6-11)21-18(25)15-3-2-4-23-10-20-22-17(15)23/h2-4,7-11,13,16,24H,5-6H2,1H3,(H,21,25)/t11?,13?,16-/m1/s1. The van der Waals surface area contributed by atoms with Gasteiger partial charge in [0.1, 0.15) is 12.1 Å². The van der Waals surface area contributed by atoms with Gasteiger partial charge in [-0.15, -0.1) is 10.2 Å². The highest BCUT2D eigenvalue weighted by Gasteiger charge is 2.36. The topological polar surface area (TPSA) is 102 Å². The first-order chi connectivity index (χ1) is 12.7. The molecule has 3 aromatic heterocycles. The van der Waals surface area contributed by atoms with Crippen molar-refractivity contribution < 1.29 is 14.6 Å². The first-order valence-corrected chi connectivity index (χ1v) is 8.42. The van der Waals surface area contributed by atoms with Gasteiger partial charge in [-0.1, -0.05) is 0 Å². The summed E-state index contributed by atoms with van der Waals surface area (Å²) in [5.74, 6) is 0.527. The van der Waals surface area contributed by atoms with E-state index in [0.29, 0.717) is 29.8 Å². The Morgan fingerprint density at radius 1 is 1.42 bits per heavy atom. The predicted molar refractivity (Wildman–Crippen MR) is 92.7 cm³/mol. The lowest BCUT2D eigenvalue weighted by molar-refractivity contribution is 0.0234. The summed E-state index contributed by atoms with van der Waals surface area (Å²) in [6.45, 7) is 0. The Kier molecular flexibility index (Phi) is 4.26. The number of nitrogens with zero attached hydrogens (tertiary/aromatic N) is 4. The number of pyridine rings is 2. The van der Waals surface area contributed by atoms with Gasteiger partial charge >= 0.3 is 0 Å². The van der Waals surface area contributed by atoms with Gasteiger partial charge in [-0.05, 0) is 42.5 Å². The number of ether oxygens (including phenoxy) is 1. The lowest BCUT2D eigenvalue weighted by atomic mass is 9.75. The molecule has 1 atom stereocenters. The van der Waals surface area contributed by atoms with Gasteiger partial charge in [-0.25, -0.2) is 0 Å². The van der Waals surface area contributed by atoms with Crippen LogP contribution >= 0.6 is 0 Å². The minimum absolute atomic E-state index is 0.139. The Bertz CT molecular complexity index is 935. The van der Waals surface area contributed by atoms with Gasteiger partial charge in [0, 0.05) is 12.4 Å². The van der Waals surface area contributed by atoms with Gasteiger partial charge in [0.15, 0.2) is 5.65 Å². The molecule has 26 heavy (non-hydrogen) atoms. The van der Waals surface area contributed by atoms with Crippen LogP contribution < -0.4 is 10.1 Å². The Hall–Kier alpha value is -3.00. The average Bonchev–Trinajstić information content (AvgIpc) is 3.12. The molecule has 4 rings (SSSR count). The molecule has 3 aromatic rings. The van der Waals surface area contributed by atoms with Crippen LogP contribution in [-0.4, -0.2) is 43.8 Å². The molecule has 0 saturated heterocycles. The van der Waals surface area contributed by atoms with E-state index in [0.717, 1.165) is 5.56 Å². The van der Waals surface area contributed by atoms with E-state index in [9.17, 15) is 9.90 Å². The smallest absolute Gasteiger partial charge is 0.255 e. The van der Waals surface area contributed by atoms with Crippen molar-refractivity contribution in [1.29, 1.82) is 0 Å². The van der Waals surface area contributed by atoms with Crippen molar-refractivity contribution >= 4 is 11.6 Å². The minimum Gasteiger partial charge on any atom is -0.495 e. The molecule has 0 aliphatic heterocycles. The van der Waals surface area contributed by atoms with Crippen molar-refractivity contribution in [1.82, 2.24) is 24.9 Å². The van der Waals surface area contributed by atoms with Crippen LogP contribution in [0.4, 0.5) is 0 Å².